The molecule has 1 unspecified atom stereocenters. The van der Waals surface area contributed by atoms with Gasteiger partial charge in [-0.15, -0.1) is 17.0 Å². The van der Waals surface area contributed by atoms with Crippen molar-refractivity contribution in [3.8, 4) is 5.75 Å². The molecule has 3 nitrogen and oxygen atoms in total. The van der Waals surface area contributed by atoms with Gasteiger partial charge >= 0.3 is 0 Å². The van der Waals surface area contributed by atoms with Crippen LogP contribution < -0.4 is 5.32 Å². The first-order chi connectivity index (χ1) is 9.69. The second-order valence-corrected chi connectivity index (χ2v) is 5.06. The van der Waals surface area contributed by atoms with Crippen LogP contribution >= 0.6 is 17.0 Å². The monoisotopic (exact) mass is 351 g/mol. The number of phenolic OH excluding ortho intramolecular Hbond substituents is 1. The molecule has 0 heterocycles. The van der Waals surface area contributed by atoms with Crippen molar-refractivity contribution in [1.82, 2.24) is 5.32 Å². The highest BCUT2D eigenvalue weighted by Gasteiger charge is 2.10. The number of nitrogens with one attached hydrogen (secondary N) is 1. The number of aryl methyl sites for hydroxylation is 1. The summed E-state index contributed by atoms with van der Waals surface area (Å²) >= 11 is 0. The van der Waals surface area contributed by atoms with Crippen molar-refractivity contribution in [2.45, 2.75) is 25.9 Å². The van der Waals surface area contributed by atoms with Crippen LogP contribution in [0, 0.1) is 6.92 Å². The lowest BCUT2D eigenvalue weighted by Gasteiger charge is -2.18. The van der Waals surface area contributed by atoms with E-state index in [2.05, 4.69) is 17.4 Å². The number of aromatic hydroxyl groups is 1. The Morgan fingerprint density at radius 2 is 1.81 bits per heavy atom. The van der Waals surface area contributed by atoms with E-state index >= 15 is 0 Å². The van der Waals surface area contributed by atoms with Gasteiger partial charge in [0, 0.05) is 12.6 Å². The summed E-state index contributed by atoms with van der Waals surface area (Å²) in [6, 6.07) is 15.4. The second kappa shape index (κ2) is 8.82. The van der Waals surface area contributed by atoms with E-state index in [9.17, 15) is 10.2 Å². The molecule has 2 aromatic carbocycles. The molecular formula is C17H22BrNO2. The molecule has 0 aliphatic heterocycles. The summed E-state index contributed by atoms with van der Waals surface area (Å²) < 4.78 is 0. The minimum atomic E-state index is -0.0179. The Bertz CT molecular complexity index is 546. The summed E-state index contributed by atoms with van der Waals surface area (Å²) in [5, 5.41) is 22.4. The molecule has 114 valence electrons. The molecule has 0 aliphatic rings. The lowest BCUT2D eigenvalue weighted by molar-refractivity contribution is 0.240. The largest absolute Gasteiger partial charge is 0.508 e. The van der Waals surface area contributed by atoms with Gasteiger partial charge in [0.05, 0.1) is 6.61 Å². The SMILES string of the molecule is Br.Cc1ccc(O)cc1CC(CO)NCc1ccccc1. The molecule has 4 heteroatoms. The lowest BCUT2D eigenvalue weighted by Crippen LogP contribution is -2.34. The zero-order valence-electron chi connectivity index (χ0n) is 12.1. The van der Waals surface area contributed by atoms with Crippen molar-refractivity contribution in [1.29, 1.82) is 0 Å². The fourth-order valence-corrected chi connectivity index (χ4v) is 2.20. The normalized spacial score (nSPS) is 11.7. The van der Waals surface area contributed by atoms with E-state index < -0.39 is 0 Å². The molecule has 0 radical (unpaired) electrons. The van der Waals surface area contributed by atoms with Crippen LogP contribution in [0.25, 0.3) is 0 Å². The third-order valence-electron chi connectivity index (χ3n) is 3.46. The summed E-state index contributed by atoms with van der Waals surface area (Å²) in [5.74, 6) is 0.269. The molecule has 2 aromatic rings. The third kappa shape index (κ3) is 5.50. The molecule has 0 aliphatic carbocycles. The molecule has 0 aromatic heterocycles. The van der Waals surface area contributed by atoms with E-state index in [1.165, 1.54) is 5.56 Å². The first-order valence-corrected chi connectivity index (χ1v) is 6.85. The Morgan fingerprint density at radius 3 is 2.48 bits per heavy atom. The van der Waals surface area contributed by atoms with Gasteiger partial charge in [0.2, 0.25) is 0 Å². The van der Waals surface area contributed by atoms with Crippen molar-refractivity contribution in [2.75, 3.05) is 6.61 Å². The van der Waals surface area contributed by atoms with Gasteiger partial charge in [0.25, 0.3) is 0 Å². The summed E-state index contributed by atoms with van der Waals surface area (Å²) in [4.78, 5) is 0. The molecule has 3 N–H and O–H groups in total. The number of aliphatic hydroxyl groups is 1. The number of aliphatic hydroxyl groups excluding tert-OH is 1. The lowest BCUT2D eigenvalue weighted by atomic mass is 10.0. The first kappa shape index (κ1) is 17.7. The summed E-state index contributed by atoms with van der Waals surface area (Å²) in [6.45, 7) is 2.81. The maximum Gasteiger partial charge on any atom is 0.115 e. The van der Waals surface area contributed by atoms with Crippen LogP contribution in [-0.4, -0.2) is 22.9 Å². The van der Waals surface area contributed by atoms with Gasteiger partial charge in [-0.25, -0.2) is 0 Å². The van der Waals surface area contributed by atoms with Gasteiger partial charge in [-0.05, 0) is 42.2 Å². The molecule has 0 spiro atoms. The predicted molar refractivity (Wildman–Crippen MR) is 91.0 cm³/mol. The number of rotatable bonds is 6. The smallest absolute Gasteiger partial charge is 0.115 e. The predicted octanol–water partition coefficient (Wildman–Crippen LogP) is 2.97. The van der Waals surface area contributed by atoms with E-state index in [1.54, 1.807) is 12.1 Å². The van der Waals surface area contributed by atoms with E-state index in [0.29, 0.717) is 6.42 Å². The molecule has 1 atom stereocenters. The van der Waals surface area contributed by atoms with E-state index in [0.717, 1.165) is 17.7 Å². The van der Waals surface area contributed by atoms with Crippen LogP contribution in [-0.2, 0) is 13.0 Å². The minimum absolute atomic E-state index is 0. The van der Waals surface area contributed by atoms with E-state index in [-0.39, 0.29) is 35.4 Å². The van der Waals surface area contributed by atoms with Gasteiger partial charge < -0.3 is 15.5 Å². The average molecular weight is 352 g/mol. The number of hydrogen-bond donors (Lipinski definition) is 3. The first-order valence-electron chi connectivity index (χ1n) is 6.85. The quantitative estimate of drug-likeness (QED) is 0.749. The molecule has 0 bridgehead atoms. The average Bonchev–Trinajstić information content (AvgIpc) is 2.48. The van der Waals surface area contributed by atoms with Gasteiger partial charge in [0.1, 0.15) is 5.75 Å². The van der Waals surface area contributed by atoms with Gasteiger partial charge in [-0.1, -0.05) is 36.4 Å². The molecule has 0 amide bonds. The van der Waals surface area contributed by atoms with Gasteiger partial charge in [0.15, 0.2) is 0 Å². The van der Waals surface area contributed by atoms with Gasteiger partial charge in [-0.3, -0.25) is 0 Å². The van der Waals surface area contributed by atoms with E-state index in [1.807, 2.05) is 31.2 Å². The topological polar surface area (TPSA) is 52.5 Å². The van der Waals surface area contributed by atoms with Crippen LogP contribution in [0.5, 0.6) is 5.75 Å². The standard InChI is InChI=1S/C17H21NO2.BrH/c1-13-7-8-17(20)10-15(13)9-16(12-19)18-11-14-5-3-2-4-6-14;/h2-8,10,16,18-20H,9,11-12H2,1H3;1H. The molecule has 2 rings (SSSR count). The highest BCUT2D eigenvalue weighted by atomic mass is 79.9. The van der Waals surface area contributed by atoms with Crippen LogP contribution in [0.1, 0.15) is 16.7 Å². The van der Waals surface area contributed by atoms with Crippen LogP contribution in [0.3, 0.4) is 0 Å². The van der Waals surface area contributed by atoms with Gasteiger partial charge in [-0.2, -0.15) is 0 Å². The zero-order valence-corrected chi connectivity index (χ0v) is 13.8. The molecule has 0 fully saturated rings. The Morgan fingerprint density at radius 1 is 1.10 bits per heavy atom. The molecule has 0 saturated carbocycles. The second-order valence-electron chi connectivity index (χ2n) is 5.06. The number of benzene rings is 2. The fraction of sp³-hybridized carbons (Fsp3) is 0.294. The minimum Gasteiger partial charge on any atom is -0.508 e. The summed E-state index contributed by atoms with van der Waals surface area (Å²) in [6.07, 6.45) is 0.698. The van der Waals surface area contributed by atoms with Crippen molar-refractivity contribution < 1.29 is 10.2 Å². The number of hydrogen-bond acceptors (Lipinski definition) is 3. The van der Waals surface area contributed by atoms with Crippen molar-refractivity contribution >= 4 is 17.0 Å². The van der Waals surface area contributed by atoms with Crippen molar-refractivity contribution in [2.24, 2.45) is 0 Å². The highest BCUT2D eigenvalue weighted by Crippen LogP contribution is 2.17. The van der Waals surface area contributed by atoms with Crippen LogP contribution in [0.4, 0.5) is 0 Å². The molecular weight excluding hydrogens is 330 g/mol. The highest BCUT2D eigenvalue weighted by molar-refractivity contribution is 8.93. The van der Waals surface area contributed by atoms with Crippen molar-refractivity contribution in [3.63, 3.8) is 0 Å². The third-order valence-corrected chi connectivity index (χ3v) is 3.46. The Hall–Kier alpha value is -1.36. The Balaban J connectivity index is 0.00000220. The number of phenols is 1. The van der Waals surface area contributed by atoms with Crippen LogP contribution in [0.15, 0.2) is 48.5 Å². The summed E-state index contributed by atoms with van der Waals surface area (Å²) in [7, 11) is 0. The van der Waals surface area contributed by atoms with Crippen molar-refractivity contribution in [3.05, 3.63) is 65.2 Å². The molecule has 21 heavy (non-hydrogen) atoms. The fourth-order valence-electron chi connectivity index (χ4n) is 2.20. The zero-order chi connectivity index (χ0) is 14.4. The Kier molecular flexibility index (Phi) is 7.43. The summed E-state index contributed by atoms with van der Waals surface area (Å²) in [5.41, 5.74) is 3.38. The van der Waals surface area contributed by atoms with Crippen LogP contribution in [0.2, 0.25) is 0 Å². The maximum atomic E-state index is 9.55. The Labute approximate surface area is 136 Å². The maximum absolute atomic E-state index is 9.55. The molecule has 0 saturated heterocycles. The van der Waals surface area contributed by atoms with E-state index in [4.69, 9.17) is 0 Å². The number of halogens is 1.